The molecule has 0 saturated carbocycles. The van der Waals surface area contributed by atoms with Gasteiger partial charge in [-0.25, -0.2) is 0 Å². The van der Waals surface area contributed by atoms with E-state index in [9.17, 15) is 0 Å². The molecule has 12 heavy (non-hydrogen) atoms. The van der Waals surface area contributed by atoms with Gasteiger partial charge in [0.05, 0.1) is 0 Å². The van der Waals surface area contributed by atoms with Crippen molar-refractivity contribution in [3.8, 4) is 0 Å². The van der Waals surface area contributed by atoms with E-state index in [-0.39, 0.29) is 5.48 Å². The summed E-state index contributed by atoms with van der Waals surface area (Å²) in [6, 6.07) is 0. The number of hydrogen-bond acceptors (Lipinski definition) is 0. The Kier molecular flexibility index (Phi) is 3.31. The largest absolute Gasteiger partial charge is 0.412 e. The summed E-state index contributed by atoms with van der Waals surface area (Å²) in [6.45, 7) is 2.26. The predicted octanol–water partition coefficient (Wildman–Crippen LogP) is 3.28. The third-order valence-corrected chi connectivity index (χ3v) is 13.2. The normalized spacial score (nSPS) is 20.2. The minimum Gasteiger partial charge on any atom is -0.412 e. The van der Waals surface area contributed by atoms with E-state index in [1.165, 1.54) is 6.42 Å². The van der Waals surface area contributed by atoms with Gasteiger partial charge < -0.3 is 5.48 Å². The van der Waals surface area contributed by atoms with E-state index in [1.807, 2.05) is 0 Å². The van der Waals surface area contributed by atoms with E-state index in [4.69, 9.17) is 0 Å². The zero-order valence-corrected chi connectivity index (χ0v) is 12.5. The Labute approximate surface area is 77.0 Å². The van der Waals surface area contributed by atoms with Crippen molar-refractivity contribution in [3.05, 3.63) is 21.1 Å². The van der Waals surface area contributed by atoms with Gasteiger partial charge in [-0.15, -0.1) is 0 Å². The van der Waals surface area contributed by atoms with Gasteiger partial charge in [-0.05, 0) is 0 Å². The Hall–Kier alpha value is 0.310. The monoisotopic (exact) mass is 337 g/mol. The van der Waals surface area contributed by atoms with Crippen molar-refractivity contribution in [2.75, 3.05) is 0 Å². The maximum absolute atomic E-state index is 2.52. The molecule has 2 N–H and O–H groups in total. The van der Waals surface area contributed by atoms with Crippen LogP contribution in [0, 0.1) is 0 Å². The molecule has 0 amide bonds. The summed E-state index contributed by atoms with van der Waals surface area (Å²) in [4.78, 5) is 0. The summed E-state index contributed by atoms with van der Waals surface area (Å²) < 4.78 is 11.9. The molecule has 0 atom stereocenters. The third-order valence-electron chi connectivity index (χ3n) is 2.37. The molecule has 0 radical (unpaired) electrons. The van der Waals surface area contributed by atoms with Crippen LogP contribution in [0.15, 0.2) is 21.1 Å². The number of rotatable bonds is 1. The van der Waals surface area contributed by atoms with Crippen molar-refractivity contribution < 1.29 is 24.0 Å². The number of allylic oxidation sites excluding steroid dienone is 4. The average Bonchev–Trinajstić information content (AvgIpc) is 2.08. The molecule has 1 nitrogen and oxygen atoms in total. The maximum Gasteiger partial charge on any atom is -0.412 e. The van der Waals surface area contributed by atoms with Crippen LogP contribution in [0.3, 0.4) is 0 Å². The second-order valence-electron chi connectivity index (χ2n) is 5.77. The molecule has 2 heteroatoms. The van der Waals surface area contributed by atoms with E-state index in [1.54, 1.807) is 8.90 Å². The molecule has 1 aliphatic rings. The van der Waals surface area contributed by atoms with Crippen LogP contribution in [0.4, 0.5) is 0 Å². The molecule has 0 aromatic rings. The Morgan fingerprint density at radius 3 is 1.83 bits per heavy atom. The van der Waals surface area contributed by atoms with Crippen LogP contribution in [0.1, 0.15) is 13.3 Å². The molecule has 0 aromatic heterocycles. The first kappa shape index (κ1) is 12.3. The quantitative estimate of drug-likeness (QED) is 0.659. The van der Waals surface area contributed by atoms with Crippen LogP contribution < -0.4 is 0 Å². The van der Waals surface area contributed by atoms with Crippen LogP contribution in [-0.2, 0) is 18.5 Å². The van der Waals surface area contributed by atoms with E-state index in [0.717, 1.165) is 0 Å². The van der Waals surface area contributed by atoms with Crippen LogP contribution in [0.5, 0.6) is 0 Å². The molecule has 0 spiro atoms. The van der Waals surface area contributed by atoms with Gasteiger partial charge in [-0.1, -0.05) is 0 Å². The molecule has 0 bridgehead atoms. The van der Waals surface area contributed by atoms with E-state index >= 15 is 0 Å². The standard InChI is InChI=1S/C6H7.4CH3.Hf.H2O/c1-6-4-2-3-5-6;;;;;;/h2,4H,3H2,1H3;4*1H3;;1H2. The summed E-state index contributed by atoms with van der Waals surface area (Å²) >= 11 is -2.38. The zero-order valence-electron chi connectivity index (χ0n) is 8.86. The summed E-state index contributed by atoms with van der Waals surface area (Å²) in [6.07, 6.45) is 5.83. The third kappa shape index (κ3) is 2.67. The summed E-state index contributed by atoms with van der Waals surface area (Å²) in [7, 11) is 0. The van der Waals surface area contributed by atoms with E-state index < -0.39 is 18.5 Å². The molecule has 1 rings (SSSR count). The van der Waals surface area contributed by atoms with Gasteiger partial charge in [0.15, 0.2) is 0 Å². The smallest absolute Gasteiger partial charge is 0.412 e. The Bertz CT molecular complexity index is 231. The molecule has 0 aromatic carbocycles. The van der Waals surface area contributed by atoms with Crippen molar-refractivity contribution >= 4 is 0 Å². The van der Waals surface area contributed by atoms with Crippen LogP contribution in [0.25, 0.3) is 0 Å². The molecule has 0 aliphatic heterocycles. The Morgan fingerprint density at radius 1 is 1.17 bits per heavy atom. The average molecular weight is 336 g/mol. The minimum atomic E-state index is -2.38. The molecule has 71 valence electrons. The fraction of sp³-hybridized carbons (Fsp3) is 0.600. The van der Waals surface area contributed by atoms with Crippen molar-refractivity contribution in [2.24, 2.45) is 0 Å². The van der Waals surface area contributed by atoms with Crippen LogP contribution >= 0.6 is 0 Å². The van der Waals surface area contributed by atoms with Gasteiger partial charge in [0.25, 0.3) is 0 Å². The summed E-state index contributed by atoms with van der Waals surface area (Å²) in [5, 5.41) is 0. The van der Waals surface area contributed by atoms with Gasteiger partial charge in [0.2, 0.25) is 0 Å². The van der Waals surface area contributed by atoms with Gasteiger partial charge in [-0.2, -0.15) is 0 Å². The van der Waals surface area contributed by atoms with Gasteiger partial charge >= 0.3 is 71.6 Å². The molecular weight excluding hydrogens is 315 g/mol. The van der Waals surface area contributed by atoms with Crippen molar-refractivity contribution in [2.45, 2.75) is 32.1 Å². The van der Waals surface area contributed by atoms with Gasteiger partial charge in [0, 0.05) is 0 Å². The number of hydrogen-bond donors (Lipinski definition) is 0. The predicted molar refractivity (Wildman–Crippen MR) is 53.5 cm³/mol. The second kappa shape index (κ2) is 3.22. The van der Waals surface area contributed by atoms with Crippen molar-refractivity contribution in [1.29, 1.82) is 0 Å². The molecular formula is C10H21HfO. The Morgan fingerprint density at radius 2 is 1.67 bits per heavy atom. The zero-order chi connectivity index (χ0) is 8.72. The van der Waals surface area contributed by atoms with Crippen LogP contribution in [-0.4, -0.2) is 5.48 Å². The summed E-state index contributed by atoms with van der Waals surface area (Å²) in [5.74, 6) is 0. The fourth-order valence-electron chi connectivity index (χ4n) is 1.81. The molecule has 1 aliphatic carbocycles. The molecule has 0 saturated heterocycles. The first-order valence-corrected chi connectivity index (χ1v) is 20.6. The SMILES string of the molecule is CC1=[C]([Hf]([CH3])([CH3])([CH3])[CH3])CC=C1.O. The topological polar surface area (TPSA) is 31.5 Å². The summed E-state index contributed by atoms with van der Waals surface area (Å²) in [5.41, 5.74) is 1.55. The van der Waals surface area contributed by atoms with Gasteiger partial charge in [0.1, 0.15) is 0 Å². The molecule has 0 heterocycles. The van der Waals surface area contributed by atoms with Crippen molar-refractivity contribution in [1.82, 2.24) is 0 Å². The first-order valence-electron chi connectivity index (χ1n) is 4.38. The van der Waals surface area contributed by atoms with Crippen LogP contribution in [0.2, 0.25) is 18.7 Å². The van der Waals surface area contributed by atoms with Crippen molar-refractivity contribution in [3.63, 3.8) is 0 Å². The molecule has 0 unspecified atom stereocenters. The van der Waals surface area contributed by atoms with E-state index in [2.05, 4.69) is 37.8 Å². The molecule has 0 fully saturated rings. The Balaban J connectivity index is 0.00000121. The fourth-order valence-corrected chi connectivity index (χ4v) is 11.1. The second-order valence-corrected chi connectivity index (χ2v) is 36.7. The van der Waals surface area contributed by atoms with Gasteiger partial charge in [-0.3, -0.25) is 0 Å². The maximum atomic E-state index is 2.52. The van der Waals surface area contributed by atoms with E-state index in [0.29, 0.717) is 0 Å². The first-order chi connectivity index (χ1) is 4.77. The minimum absolute atomic E-state index is 0.